The molecule has 0 spiro atoms. The number of H-pyrrole nitrogens is 1. The zero-order valence-electron chi connectivity index (χ0n) is 18.4. The fourth-order valence-corrected chi connectivity index (χ4v) is 8.33. The van der Waals surface area contributed by atoms with E-state index in [-0.39, 0.29) is 11.3 Å². The second kappa shape index (κ2) is 6.21. The highest BCUT2D eigenvalue weighted by Gasteiger charge is 2.60. The molecule has 1 amide bonds. The van der Waals surface area contributed by atoms with Crippen LogP contribution in [0.25, 0.3) is 11.0 Å². The maximum Gasteiger partial charge on any atom is 0.246 e. The molecule has 2 heterocycles. The summed E-state index contributed by atoms with van der Waals surface area (Å²) in [4.78, 5) is 23.0. The molecule has 2 aromatic rings. The van der Waals surface area contributed by atoms with Crippen molar-refractivity contribution in [2.24, 2.45) is 28.6 Å². The minimum absolute atomic E-state index is 0.129. The minimum atomic E-state index is 0.129. The molecule has 1 aromatic carbocycles. The number of aromatic amines is 1. The van der Waals surface area contributed by atoms with Gasteiger partial charge in [0.25, 0.3) is 0 Å². The van der Waals surface area contributed by atoms with E-state index in [2.05, 4.69) is 49.2 Å². The number of aromatic nitrogens is 2. The summed E-state index contributed by atoms with van der Waals surface area (Å²) in [5.41, 5.74) is 2.73. The van der Waals surface area contributed by atoms with Crippen molar-refractivity contribution in [2.45, 2.75) is 64.3 Å². The summed E-state index contributed by atoms with van der Waals surface area (Å²) in [6.45, 7) is 4.99. The van der Waals surface area contributed by atoms with Crippen molar-refractivity contribution in [3.63, 3.8) is 0 Å². The molecule has 3 fully saturated rings. The lowest BCUT2D eigenvalue weighted by Crippen LogP contribution is -2.59. The predicted molar refractivity (Wildman–Crippen MR) is 119 cm³/mol. The van der Waals surface area contributed by atoms with Crippen LogP contribution < -0.4 is 0 Å². The van der Waals surface area contributed by atoms with Crippen molar-refractivity contribution in [1.82, 2.24) is 14.9 Å². The molecule has 1 aromatic heterocycles. The minimum Gasteiger partial charge on any atom is -0.342 e. The van der Waals surface area contributed by atoms with Crippen molar-refractivity contribution in [3.05, 3.63) is 42.2 Å². The fraction of sp³-hybridized carbons (Fsp3) is 0.615. The van der Waals surface area contributed by atoms with E-state index in [1.807, 2.05) is 18.0 Å². The average molecular weight is 404 g/mol. The number of hydrogen-bond donors (Lipinski definition) is 1. The number of amides is 1. The number of carbonyl (C=O) groups excluding carboxylic acids is 1. The van der Waals surface area contributed by atoms with E-state index in [0.717, 1.165) is 23.8 Å². The van der Waals surface area contributed by atoms with E-state index in [0.29, 0.717) is 23.3 Å². The molecule has 6 rings (SSSR count). The van der Waals surface area contributed by atoms with Crippen molar-refractivity contribution in [1.29, 1.82) is 0 Å². The van der Waals surface area contributed by atoms with Crippen LogP contribution in [-0.2, 0) is 4.79 Å². The van der Waals surface area contributed by atoms with E-state index in [4.69, 9.17) is 4.98 Å². The van der Waals surface area contributed by atoms with E-state index < -0.39 is 0 Å². The molecule has 0 unspecified atom stereocenters. The summed E-state index contributed by atoms with van der Waals surface area (Å²) in [5.74, 6) is 4.15. The number of nitrogens with one attached hydrogen (secondary N) is 1. The Balaban J connectivity index is 1.34. The van der Waals surface area contributed by atoms with Gasteiger partial charge in [-0.1, -0.05) is 32.1 Å². The maximum absolute atomic E-state index is 12.3. The molecule has 30 heavy (non-hydrogen) atoms. The van der Waals surface area contributed by atoms with Crippen molar-refractivity contribution in [2.75, 3.05) is 7.05 Å². The van der Waals surface area contributed by atoms with Crippen molar-refractivity contribution >= 4 is 16.9 Å². The average Bonchev–Trinajstić information content (AvgIpc) is 3.31. The monoisotopic (exact) mass is 403 g/mol. The van der Waals surface area contributed by atoms with Gasteiger partial charge in [0, 0.05) is 24.4 Å². The first-order valence-electron chi connectivity index (χ1n) is 11.8. The third-order valence-electron chi connectivity index (χ3n) is 9.87. The van der Waals surface area contributed by atoms with Crippen molar-refractivity contribution in [3.8, 4) is 0 Å². The molecule has 0 bridgehead atoms. The summed E-state index contributed by atoms with van der Waals surface area (Å²) >= 11 is 0. The number of hydrogen-bond acceptors (Lipinski definition) is 2. The molecular formula is C26H33N3O. The topological polar surface area (TPSA) is 49.0 Å². The maximum atomic E-state index is 12.3. The highest BCUT2D eigenvalue weighted by Crippen LogP contribution is 2.67. The number of likely N-dealkylation sites (N-methyl/N-ethyl adjacent to an activating group) is 1. The van der Waals surface area contributed by atoms with Gasteiger partial charge in [-0.05, 0) is 79.9 Å². The number of benzene rings is 1. The zero-order chi connectivity index (χ0) is 20.7. The second-order valence-corrected chi connectivity index (χ2v) is 10.9. The van der Waals surface area contributed by atoms with Gasteiger partial charge < -0.3 is 9.88 Å². The van der Waals surface area contributed by atoms with Gasteiger partial charge in [0.15, 0.2) is 0 Å². The lowest BCUT2D eigenvalue weighted by molar-refractivity contribution is -0.138. The molecule has 4 nitrogen and oxygen atoms in total. The van der Waals surface area contributed by atoms with Gasteiger partial charge in [-0.15, -0.1) is 0 Å². The molecule has 0 radical (unpaired) electrons. The Labute approximate surface area is 179 Å². The van der Waals surface area contributed by atoms with Crippen LogP contribution in [0.5, 0.6) is 0 Å². The summed E-state index contributed by atoms with van der Waals surface area (Å²) in [7, 11) is 2.01. The Bertz CT molecular complexity index is 1010. The van der Waals surface area contributed by atoms with Gasteiger partial charge in [-0.25, -0.2) is 4.98 Å². The standard InChI is InChI=1S/C26H33N3O/c1-25-14-12-18-16(8-11-22-26(18,2)15-13-23(30)29(22)3)17(25)9-10-19(25)24-27-20-6-4-5-7-21(20)28-24/h4-7,13,15-19,22H,8-12,14H2,1-3H3,(H,27,28)/t16-,17-,18-,19+,22+,25-,26+/m0/s1. The molecule has 4 heteroatoms. The lowest BCUT2D eigenvalue weighted by atomic mass is 9.47. The van der Waals surface area contributed by atoms with Crippen LogP contribution in [0.3, 0.4) is 0 Å². The van der Waals surface area contributed by atoms with E-state index in [1.54, 1.807) is 0 Å². The molecule has 3 aliphatic carbocycles. The number of nitrogens with zero attached hydrogens (tertiary/aromatic N) is 2. The van der Waals surface area contributed by atoms with Crippen LogP contribution in [0.15, 0.2) is 36.4 Å². The smallest absolute Gasteiger partial charge is 0.246 e. The normalized spacial score (nSPS) is 42.8. The third-order valence-corrected chi connectivity index (χ3v) is 9.87. The Morgan fingerprint density at radius 1 is 1.07 bits per heavy atom. The molecule has 0 saturated heterocycles. The van der Waals surface area contributed by atoms with Crippen LogP contribution in [0.2, 0.25) is 0 Å². The highest BCUT2D eigenvalue weighted by atomic mass is 16.2. The first-order valence-corrected chi connectivity index (χ1v) is 11.8. The lowest BCUT2D eigenvalue weighted by Gasteiger charge is -2.60. The Hall–Kier alpha value is -2.10. The van der Waals surface area contributed by atoms with Crippen LogP contribution in [0.4, 0.5) is 0 Å². The predicted octanol–water partition coefficient (Wildman–Crippen LogP) is 5.29. The third kappa shape index (κ3) is 2.34. The summed E-state index contributed by atoms with van der Waals surface area (Å²) < 4.78 is 0. The van der Waals surface area contributed by atoms with Crippen LogP contribution >= 0.6 is 0 Å². The first-order chi connectivity index (χ1) is 14.4. The Kier molecular flexibility index (Phi) is 3.86. The quantitative estimate of drug-likeness (QED) is 0.704. The van der Waals surface area contributed by atoms with Gasteiger partial charge in [0.1, 0.15) is 5.82 Å². The number of imidazole rings is 1. The van der Waals surface area contributed by atoms with Crippen LogP contribution in [0, 0.1) is 28.6 Å². The van der Waals surface area contributed by atoms with E-state index in [1.165, 1.54) is 43.4 Å². The van der Waals surface area contributed by atoms with Gasteiger partial charge in [-0.3, -0.25) is 4.79 Å². The zero-order valence-corrected chi connectivity index (χ0v) is 18.4. The van der Waals surface area contributed by atoms with Crippen molar-refractivity contribution < 1.29 is 4.79 Å². The van der Waals surface area contributed by atoms with E-state index >= 15 is 0 Å². The molecule has 1 N–H and O–H groups in total. The van der Waals surface area contributed by atoms with Crippen LogP contribution in [0.1, 0.15) is 64.1 Å². The first kappa shape index (κ1) is 18.7. The van der Waals surface area contributed by atoms with E-state index in [9.17, 15) is 4.79 Å². The Morgan fingerprint density at radius 2 is 1.90 bits per heavy atom. The van der Waals surface area contributed by atoms with Gasteiger partial charge in [0.05, 0.1) is 11.0 Å². The van der Waals surface area contributed by atoms with Gasteiger partial charge >= 0.3 is 0 Å². The second-order valence-electron chi connectivity index (χ2n) is 10.9. The molecule has 7 atom stereocenters. The summed E-state index contributed by atoms with van der Waals surface area (Å²) in [6.07, 6.45) is 11.7. The fourth-order valence-electron chi connectivity index (χ4n) is 8.33. The van der Waals surface area contributed by atoms with Crippen LogP contribution in [-0.4, -0.2) is 33.9 Å². The number of rotatable bonds is 1. The Morgan fingerprint density at radius 3 is 2.73 bits per heavy atom. The van der Waals surface area contributed by atoms with Gasteiger partial charge in [0.2, 0.25) is 5.91 Å². The highest BCUT2D eigenvalue weighted by molar-refractivity contribution is 5.89. The largest absolute Gasteiger partial charge is 0.342 e. The van der Waals surface area contributed by atoms with Gasteiger partial charge in [-0.2, -0.15) is 0 Å². The number of carbonyl (C=O) groups is 1. The molecule has 3 saturated carbocycles. The number of fused-ring (bicyclic) bond motifs is 6. The molecule has 1 aliphatic heterocycles. The summed E-state index contributed by atoms with van der Waals surface area (Å²) in [5, 5.41) is 0. The molecule has 4 aliphatic rings. The number of para-hydroxylation sites is 2. The summed E-state index contributed by atoms with van der Waals surface area (Å²) in [6, 6.07) is 8.81. The molecule has 158 valence electrons. The molecular weight excluding hydrogens is 370 g/mol. The SMILES string of the molecule is CN1C(=O)C=C[C@]2(C)[C@H]3CC[C@]4(C)[C@@H](c5nc6ccccc6[nH]5)CC[C@H]4[C@@H]3CC[C@@H]12.